The summed E-state index contributed by atoms with van der Waals surface area (Å²) in [6.45, 7) is 1.82. The van der Waals surface area contributed by atoms with Crippen molar-refractivity contribution >= 4 is 5.97 Å². The zero-order valence-electron chi connectivity index (χ0n) is 13.0. The van der Waals surface area contributed by atoms with Crippen molar-refractivity contribution in [3.05, 3.63) is 71.9 Å². The van der Waals surface area contributed by atoms with Gasteiger partial charge in [0.15, 0.2) is 0 Å². The Morgan fingerprint density at radius 2 is 1.70 bits per heavy atom. The SMILES string of the molecule is Cc1c(C(=O)O)cn(C)c1-c1ccccc1Oc1ccccc1. The van der Waals surface area contributed by atoms with Crippen molar-refractivity contribution in [2.75, 3.05) is 0 Å². The lowest BCUT2D eigenvalue weighted by Crippen LogP contribution is -1.96. The quantitative estimate of drug-likeness (QED) is 0.772. The average Bonchev–Trinajstić information content (AvgIpc) is 2.84. The summed E-state index contributed by atoms with van der Waals surface area (Å²) in [5, 5.41) is 9.31. The molecular weight excluding hydrogens is 290 g/mol. The van der Waals surface area contributed by atoms with Crippen LogP contribution in [0.5, 0.6) is 11.5 Å². The van der Waals surface area contributed by atoms with E-state index in [4.69, 9.17) is 4.74 Å². The zero-order chi connectivity index (χ0) is 16.4. The van der Waals surface area contributed by atoms with E-state index in [0.717, 1.165) is 22.6 Å². The summed E-state index contributed by atoms with van der Waals surface area (Å²) in [5.41, 5.74) is 2.74. The molecule has 0 fully saturated rings. The number of aromatic nitrogens is 1. The van der Waals surface area contributed by atoms with Crippen LogP contribution in [0.2, 0.25) is 0 Å². The first-order valence-corrected chi connectivity index (χ1v) is 7.29. The molecule has 0 radical (unpaired) electrons. The standard InChI is InChI=1S/C19H17NO3/c1-13-16(19(21)22)12-20(2)18(13)15-10-6-7-11-17(15)23-14-8-4-3-5-9-14/h3-12H,1-2H3,(H,21,22). The molecule has 0 aliphatic carbocycles. The summed E-state index contributed by atoms with van der Waals surface area (Å²) in [6, 6.07) is 17.2. The number of carboxylic acid groups (broad SMARTS) is 1. The minimum Gasteiger partial charge on any atom is -0.478 e. The van der Waals surface area contributed by atoms with Gasteiger partial charge in [-0.25, -0.2) is 4.79 Å². The monoisotopic (exact) mass is 307 g/mol. The van der Waals surface area contributed by atoms with Crippen LogP contribution >= 0.6 is 0 Å². The maximum atomic E-state index is 11.4. The number of carboxylic acids is 1. The fraction of sp³-hybridized carbons (Fsp3) is 0.105. The Morgan fingerprint density at radius 3 is 2.35 bits per heavy atom. The third-order valence-electron chi connectivity index (χ3n) is 3.78. The normalized spacial score (nSPS) is 10.5. The molecule has 3 rings (SSSR count). The molecule has 0 saturated heterocycles. The second kappa shape index (κ2) is 6.01. The van der Waals surface area contributed by atoms with Crippen LogP contribution in [0.3, 0.4) is 0 Å². The van der Waals surface area contributed by atoms with Crippen LogP contribution < -0.4 is 4.74 Å². The first-order valence-electron chi connectivity index (χ1n) is 7.29. The van der Waals surface area contributed by atoms with Gasteiger partial charge < -0.3 is 14.4 Å². The van der Waals surface area contributed by atoms with Crippen LogP contribution in [0.25, 0.3) is 11.3 Å². The molecule has 0 unspecified atom stereocenters. The second-order valence-electron chi connectivity index (χ2n) is 5.34. The van der Waals surface area contributed by atoms with Crippen LogP contribution in [0.4, 0.5) is 0 Å². The highest BCUT2D eigenvalue weighted by molar-refractivity contribution is 5.92. The lowest BCUT2D eigenvalue weighted by atomic mass is 10.0. The Kier molecular flexibility index (Phi) is 3.89. The van der Waals surface area contributed by atoms with Crippen LogP contribution in [0.1, 0.15) is 15.9 Å². The maximum Gasteiger partial charge on any atom is 0.337 e. The number of hydrogen-bond acceptors (Lipinski definition) is 2. The van der Waals surface area contributed by atoms with Crippen molar-refractivity contribution in [2.45, 2.75) is 6.92 Å². The van der Waals surface area contributed by atoms with E-state index in [-0.39, 0.29) is 0 Å². The number of ether oxygens (including phenoxy) is 1. The Hall–Kier alpha value is -3.01. The highest BCUT2D eigenvalue weighted by Crippen LogP contribution is 2.36. The summed E-state index contributed by atoms with van der Waals surface area (Å²) in [7, 11) is 1.84. The molecule has 0 atom stereocenters. The van der Waals surface area contributed by atoms with Gasteiger partial charge in [-0.3, -0.25) is 0 Å². The molecule has 116 valence electrons. The Labute approximate surface area is 134 Å². The van der Waals surface area contributed by atoms with E-state index < -0.39 is 5.97 Å². The molecule has 4 heteroatoms. The van der Waals surface area contributed by atoms with E-state index in [2.05, 4.69) is 0 Å². The summed E-state index contributed by atoms with van der Waals surface area (Å²) < 4.78 is 7.81. The molecule has 0 spiro atoms. The molecular formula is C19H17NO3. The van der Waals surface area contributed by atoms with Gasteiger partial charge in [0.2, 0.25) is 0 Å². The smallest absolute Gasteiger partial charge is 0.337 e. The van der Waals surface area contributed by atoms with Gasteiger partial charge in [0.1, 0.15) is 11.5 Å². The molecule has 23 heavy (non-hydrogen) atoms. The van der Waals surface area contributed by atoms with Crippen molar-refractivity contribution in [3.63, 3.8) is 0 Å². The molecule has 4 nitrogen and oxygen atoms in total. The van der Waals surface area contributed by atoms with Crippen molar-refractivity contribution < 1.29 is 14.6 Å². The first kappa shape index (κ1) is 14.9. The molecule has 2 aromatic carbocycles. The van der Waals surface area contributed by atoms with Gasteiger partial charge >= 0.3 is 5.97 Å². The third kappa shape index (κ3) is 2.83. The van der Waals surface area contributed by atoms with Gasteiger partial charge in [-0.1, -0.05) is 30.3 Å². The van der Waals surface area contributed by atoms with Gasteiger partial charge in [0.05, 0.1) is 11.3 Å². The molecule has 3 aromatic rings. The zero-order valence-corrected chi connectivity index (χ0v) is 13.0. The minimum atomic E-state index is -0.925. The third-order valence-corrected chi connectivity index (χ3v) is 3.78. The molecule has 1 N–H and O–H groups in total. The van der Waals surface area contributed by atoms with Gasteiger partial charge in [-0.05, 0) is 36.8 Å². The molecule has 0 aliphatic heterocycles. The van der Waals surface area contributed by atoms with Crippen molar-refractivity contribution in [1.29, 1.82) is 0 Å². The number of aryl methyl sites for hydroxylation is 1. The highest BCUT2D eigenvalue weighted by atomic mass is 16.5. The van der Waals surface area contributed by atoms with Crippen LogP contribution in [0, 0.1) is 6.92 Å². The minimum absolute atomic E-state index is 0.303. The summed E-state index contributed by atoms with van der Waals surface area (Å²) in [6.07, 6.45) is 1.63. The topological polar surface area (TPSA) is 51.5 Å². The summed E-state index contributed by atoms with van der Waals surface area (Å²) in [4.78, 5) is 11.4. The van der Waals surface area contributed by atoms with Crippen LogP contribution in [0.15, 0.2) is 60.8 Å². The number of benzene rings is 2. The maximum absolute atomic E-state index is 11.4. The number of hydrogen-bond donors (Lipinski definition) is 1. The molecule has 0 bridgehead atoms. The summed E-state index contributed by atoms with van der Waals surface area (Å²) >= 11 is 0. The number of carbonyl (C=O) groups is 1. The number of nitrogens with zero attached hydrogens (tertiary/aromatic N) is 1. The van der Waals surface area contributed by atoms with Gasteiger partial charge in [-0.2, -0.15) is 0 Å². The van der Waals surface area contributed by atoms with E-state index in [9.17, 15) is 9.90 Å². The second-order valence-corrected chi connectivity index (χ2v) is 5.34. The average molecular weight is 307 g/mol. The van der Waals surface area contributed by atoms with E-state index in [1.165, 1.54) is 0 Å². The van der Waals surface area contributed by atoms with Crippen molar-refractivity contribution in [1.82, 2.24) is 4.57 Å². The highest BCUT2D eigenvalue weighted by Gasteiger charge is 2.19. The lowest BCUT2D eigenvalue weighted by Gasteiger charge is -2.13. The van der Waals surface area contributed by atoms with E-state index in [1.54, 1.807) is 6.20 Å². The van der Waals surface area contributed by atoms with Gasteiger partial charge in [-0.15, -0.1) is 0 Å². The number of para-hydroxylation sites is 2. The van der Waals surface area contributed by atoms with E-state index in [1.807, 2.05) is 73.1 Å². The van der Waals surface area contributed by atoms with E-state index in [0.29, 0.717) is 11.3 Å². The lowest BCUT2D eigenvalue weighted by molar-refractivity contribution is 0.0696. The number of rotatable bonds is 4. The number of aromatic carboxylic acids is 1. The fourth-order valence-corrected chi connectivity index (χ4v) is 2.72. The Bertz CT molecular complexity index is 850. The molecule has 0 amide bonds. The largest absolute Gasteiger partial charge is 0.478 e. The molecule has 1 heterocycles. The first-order chi connectivity index (χ1) is 11.1. The van der Waals surface area contributed by atoms with Crippen LogP contribution in [-0.2, 0) is 7.05 Å². The van der Waals surface area contributed by atoms with Crippen molar-refractivity contribution in [3.8, 4) is 22.8 Å². The predicted molar refractivity (Wildman–Crippen MR) is 89.1 cm³/mol. The van der Waals surface area contributed by atoms with Gasteiger partial charge in [0, 0.05) is 18.8 Å². The Balaban J connectivity index is 2.10. The Morgan fingerprint density at radius 1 is 1.04 bits per heavy atom. The van der Waals surface area contributed by atoms with Gasteiger partial charge in [0.25, 0.3) is 0 Å². The van der Waals surface area contributed by atoms with Crippen LogP contribution in [-0.4, -0.2) is 15.6 Å². The van der Waals surface area contributed by atoms with Crippen molar-refractivity contribution in [2.24, 2.45) is 7.05 Å². The molecule has 1 aromatic heterocycles. The predicted octanol–water partition coefficient (Wildman–Crippen LogP) is 4.49. The fourth-order valence-electron chi connectivity index (χ4n) is 2.72. The summed E-state index contributed by atoms with van der Waals surface area (Å²) in [5.74, 6) is 0.510. The molecule has 0 saturated carbocycles. The molecule has 0 aliphatic rings. The van der Waals surface area contributed by atoms with E-state index >= 15 is 0 Å².